The Morgan fingerprint density at radius 2 is 2.08 bits per heavy atom. The molecule has 2 amide bonds. The molecule has 0 bridgehead atoms. The summed E-state index contributed by atoms with van der Waals surface area (Å²) in [5.74, 6) is -1.31. The number of likely N-dealkylation sites (N-methyl/N-ethyl adjacent to an activating group) is 1. The van der Waals surface area contributed by atoms with Gasteiger partial charge in [0.2, 0.25) is 5.91 Å². The van der Waals surface area contributed by atoms with Gasteiger partial charge in [0.1, 0.15) is 5.75 Å². The lowest BCUT2D eigenvalue weighted by Gasteiger charge is -2.32. The smallest absolute Gasteiger partial charge is 0.308 e. The summed E-state index contributed by atoms with van der Waals surface area (Å²) in [5, 5.41) is 9.11. The number of likely N-dealkylation sites (tertiary alicyclic amines) is 1. The second-order valence-electron chi connectivity index (χ2n) is 6.36. The number of carbonyl (C=O) groups excluding carboxylic acids is 2. The Kier molecular flexibility index (Phi) is 6.01. The first-order valence-electron chi connectivity index (χ1n) is 8.24. The van der Waals surface area contributed by atoms with Gasteiger partial charge in [0, 0.05) is 25.7 Å². The van der Waals surface area contributed by atoms with Gasteiger partial charge in [-0.05, 0) is 37.5 Å². The molecule has 1 saturated heterocycles. The minimum absolute atomic E-state index is 0.0820. The summed E-state index contributed by atoms with van der Waals surface area (Å²) in [7, 11) is 3.10. The number of benzene rings is 1. The first-order valence-corrected chi connectivity index (χ1v) is 8.24. The van der Waals surface area contributed by atoms with Crippen molar-refractivity contribution in [2.45, 2.75) is 19.8 Å². The highest BCUT2D eigenvalue weighted by Crippen LogP contribution is 2.20. The van der Waals surface area contributed by atoms with Crippen LogP contribution in [0.3, 0.4) is 0 Å². The number of carboxylic acid groups (broad SMARTS) is 1. The summed E-state index contributed by atoms with van der Waals surface area (Å²) in [6.07, 6.45) is 1.24. The molecule has 1 aliphatic heterocycles. The summed E-state index contributed by atoms with van der Waals surface area (Å²) in [6, 6.07) is 5.15. The zero-order valence-corrected chi connectivity index (χ0v) is 14.8. The lowest BCUT2D eigenvalue weighted by atomic mass is 9.98. The predicted molar refractivity (Wildman–Crippen MR) is 91.6 cm³/mol. The van der Waals surface area contributed by atoms with E-state index in [2.05, 4.69) is 0 Å². The largest absolute Gasteiger partial charge is 0.496 e. The molecular formula is C18H24N2O5. The molecule has 0 saturated carbocycles. The summed E-state index contributed by atoms with van der Waals surface area (Å²) in [6.45, 7) is 2.54. The molecule has 2 rings (SSSR count). The van der Waals surface area contributed by atoms with Crippen molar-refractivity contribution in [2.75, 3.05) is 33.8 Å². The van der Waals surface area contributed by atoms with Crippen LogP contribution in [0, 0.1) is 12.8 Å². The van der Waals surface area contributed by atoms with Crippen molar-refractivity contribution in [3.05, 3.63) is 29.3 Å². The van der Waals surface area contributed by atoms with Crippen molar-refractivity contribution in [1.82, 2.24) is 9.80 Å². The molecule has 1 aromatic rings. The average molecular weight is 348 g/mol. The number of rotatable bonds is 5. The van der Waals surface area contributed by atoms with Gasteiger partial charge < -0.3 is 19.6 Å². The summed E-state index contributed by atoms with van der Waals surface area (Å²) >= 11 is 0. The fourth-order valence-corrected chi connectivity index (χ4v) is 2.95. The number of aryl methyl sites for hydroxylation is 1. The van der Waals surface area contributed by atoms with Gasteiger partial charge in [-0.1, -0.05) is 6.07 Å². The van der Waals surface area contributed by atoms with Crippen LogP contribution in [0.5, 0.6) is 5.75 Å². The third kappa shape index (κ3) is 4.49. The van der Waals surface area contributed by atoms with Crippen molar-refractivity contribution in [3.8, 4) is 5.75 Å². The molecule has 136 valence electrons. The monoisotopic (exact) mass is 348 g/mol. The van der Waals surface area contributed by atoms with Crippen LogP contribution in [-0.4, -0.2) is 66.5 Å². The molecule has 1 N–H and O–H groups in total. The Morgan fingerprint density at radius 1 is 1.36 bits per heavy atom. The highest BCUT2D eigenvalue weighted by molar-refractivity contribution is 5.96. The standard InChI is InChI=1S/C18H24N2O5/c1-12-6-7-13(9-15(12)25-3)17(22)19(2)11-16(21)20-8-4-5-14(10-20)18(23)24/h6-7,9,14H,4-5,8,10-11H2,1-3H3,(H,23,24)/t14-/m1/s1. The molecule has 25 heavy (non-hydrogen) atoms. The molecule has 1 heterocycles. The molecule has 0 unspecified atom stereocenters. The Morgan fingerprint density at radius 3 is 2.72 bits per heavy atom. The number of aliphatic carboxylic acids is 1. The van der Waals surface area contributed by atoms with Gasteiger partial charge >= 0.3 is 5.97 Å². The van der Waals surface area contributed by atoms with Gasteiger partial charge in [-0.2, -0.15) is 0 Å². The zero-order valence-electron chi connectivity index (χ0n) is 14.8. The van der Waals surface area contributed by atoms with E-state index >= 15 is 0 Å². The minimum Gasteiger partial charge on any atom is -0.496 e. The maximum atomic E-state index is 12.5. The van der Waals surface area contributed by atoms with Crippen molar-refractivity contribution in [1.29, 1.82) is 0 Å². The Hall–Kier alpha value is -2.57. The quantitative estimate of drug-likeness (QED) is 0.869. The van der Waals surface area contributed by atoms with Gasteiger partial charge in [-0.15, -0.1) is 0 Å². The molecule has 7 nitrogen and oxygen atoms in total. The van der Waals surface area contributed by atoms with E-state index in [1.807, 2.05) is 6.92 Å². The molecule has 1 atom stereocenters. The Bertz CT molecular complexity index is 673. The van der Waals surface area contributed by atoms with Crippen LogP contribution in [-0.2, 0) is 9.59 Å². The van der Waals surface area contributed by atoms with Crippen molar-refractivity contribution >= 4 is 17.8 Å². The Labute approximate surface area is 147 Å². The normalized spacial score (nSPS) is 17.1. The number of methoxy groups -OCH3 is 1. The average Bonchev–Trinajstić information content (AvgIpc) is 2.61. The van der Waals surface area contributed by atoms with Crippen molar-refractivity contribution in [2.24, 2.45) is 5.92 Å². The lowest BCUT2D eigenvalue weighted by molar-refractivity contribution is -0.145. The first-order chi connectivity index (χ1) is 11.8. The SMILES string of the molecule is COc1cc(C(=O)N(C)CC(=O)N2CCC[C@@H](C(=O)O)C2)ccc1C. The maximum absolute atomic E-state index is 12.5. The number of amides is 2. The highest BCUT2D eigenvalue weighted by atomic mass is 16.5. The number of ether oxygens (including phenoxy) is 1. The van der Waals surface area contributed by atoms with E-state index in [0.717, 1.165) is 5.56 Å². The van der Waals surface area contributed by atoms with Crippen LogP contribution >= 0.6 is 0 Å². The minimum atomic E-state index is -0.881. The van der Waals surface area contributed by atoms with E-state index < -0.39 is 11.9 Å². The second kappa shape index (κ2) is 8.00. The van der Waals surface area contributed by atoms with Gasteiger partial charge in [0.05, 0.1) is 19.6 Å². The van der Waals surface area contributed by atoms with Gasteiger partial charge in [-0.3, -0.25) is 14.4 Å². The lowest BCUT2D eigenvalue weighted by Crippen LogP contribution is -2.46. The van der Waals surface area contributed by atoms with Gasteiger partial charge in [0.15, 0.2) is 0 Å². The molecule has 0 spiro atoms. The van der Waals surface area contributed by atoms with Crippen LogP contribution in [0.2, 0.25) is 0 Å². The van der Waals surface area contributed by atoms with E-state index in [9.17, 15) is 14.4 Å². The van der Waals surface area contributed by atoms with Crippen LogP contribution in [0.4, 0.5) is 0 Å². The molecule has 0 aliphatic carbocycles. The highest BCUT2D eigenvalue weighted by Gasteiger charge is 2.29. The third-order valence-corrected chi connectivity index (χ3v) is 4.50. The number of carboxylic acids is 1. The van der Waals surface area contributed by atoms with Gasteiger partial charge in [0.25, 0.3) is 5.91 Å². The molecular weight excluding hydrogens is 324 g/mol. The second-order valence-corrected chi connectivity index (χ2v) is 6.36. The third-order valence-electron chi connectivity index (χ3n) is 4.50. The molecule has 1 aliphatic rings. The molecule has 0 aromatic heterocycles. The first kappa shape index (κ1) is 18.8. The van der Waals surface area contributed by atoms with Crippen molar-refractivity contribution in [3.63, 3.8) is 0 Å². The Balaban J connectivity index is 2.00. The fraction of sp³-hybridized carbons (Fsp3) is 0.500. The molecule has 7 heteroatoms. The number of nitrogens with zero attached hydrogens (tertiary/aromatic N) is 2. The fourth-order valence-electron chi connectivity index (χ4n) is 2.95. The van der Waals surface area contributed by atoms with E-state index in [0.29, 0.717) is 30.7 Å². The van der Waals surface area contributed by atoms with Crippen LogP contribution in [0.15, 0.2) is 18.2 Å². The molecule has 1 aromatic carbocycles. The maximum Gasteiger partial charge on any atom is 0.308 e. The predicted octanol–water partition coefficient (Wildman–Crippen LogP) is 1.40. The summed E-state index contributed by atoms with van der Waals surface area (Å²) in [5.41, 5.74) is 1.37. The van der Waals surface area contributed by atoms with Gasteiger partial charge in [-0.25, -0.2) is 0 Å². The molecule has 1 fully saturated rings. The topological polar surface area (TPSA) is 87.2 Å². The van der Waals surface area contributed by atoms with Crippen LogP contribution in [0.1, 0.15) is 28.8 Å². The summed E-state index contributed by atoms with van der Waals surface area (Å²) < 4.78 is 5.22. The van der Waals surface area contributed by atoms with Crippen LogP contribution in [0.25, 0.3) is 0 Å². The number of hydrogen-bond donors (Lipinski definition) is 1. The number of carbonyl (C=O) groups is 3. The molecule has 0 radical (unpaired) electrons. The van der Waals surface area contributed by atoms with E-state index in [1.165, 1.54) is 9.80 Å². The van der Waals surface area contributed by atoms with Crippen LogP contribution < -0.4 is 4.74 Å². The van der Waals surface area contributed by atoms with Crippen molar-refractivity contribution < 1.29 is 24.2 Å². The number of hydrogen-bond acceptors (Lipinski definition) is 4. The van der Waals surface area contributed by atoms with E-state index in [-0.39, 0.29) is 24.9 Å². The van der Waals surface area contributed by atoms with E-state index in [4.69, 9.17) is 9.84 Å². The zero-order chi connectivity index (χ0) is 18.6. The van der Waals surface area contributed by atoms with E-state index in [1.54, 1.807) is 32.4 Å². The summed E-state index contributed by atoms with van der Waals surface area (Å²) in [4.78, 5) is 38.9. The number of piperidine rings is 1.